The molecule has 2 rings (SSSR count). The lowest BCUT2D eigenvalue weighted by Gasteiger charge is -2.05. The van der Waals surface area contributed by atoms with Crippen molar-refractivity contribution in [1.82, 2.24) is 20.0 Å². The van der Waals surface area contributed by atoms with Crippen molar-refractivity contribution < 1.29 is 0 Å². The van der Waals surface area contributed by atoms with Crippen molar-refractivity contribution in [3.63, 3.8) is 0 Å². The largest absolute Gasteiger partial charge is 0.237 e. The normalized spacial score (nSPS) is 11.4. The minimum atomic E-state index is 0.388. The summed E-state index contributed by atoms with van der Waals surface area (Å²) in [5.41, 5.74) is 2.22. The highest BCUT2D eigenvalue weighted by Crippen LogP contribution is 2.15. The van der Waals surface area contributed by atoms with Crippen LogP contribution in [0.3, 0.4) is 0 Å². The zero-order chi connectivity index (χ0) is 12.4. The number of aromatic nitrogens is 4. The molecule has 0 spiro atoms. The SMILES string of the molecule is CC(C)c1ccc(-n2cc(C(C)C)nn2)nc1. The Morgan fingerprint density at radius 1 is 1.06 bits per heavy atom. The van der Waals surface area contributed by atoms with E-state index in [1.807, 2.05) is 18.5 Å². The van der Waals surface area contributed by atoms with E-state index < -0.39 is 0 Å². The topological polar surface area (TPSA) is 43.6 Å². The first kappa shape index (κ1) is 11.8. The molecule has 0 saturated heterocycles. The maximum Gasteiger partial charge on any atom is 0.155 e. The maximum absolute atomic E-state index is 4.40. The highest BCUT2D eigenvalue weighted by Gasteiger charge is 2.07. The van der Waals surface area contributed by atoms with E-state index in [1.165, 1.54) is 5.56 Å². The molecule has 90 valence electrons. The summed E-state index contributed by atoms with van der Waals surface area (Å²) in [6, 6.07) is 4.07. The summed E-state index contributed by atoms with van der Waals surface area (Å²) in [4.78, 5) is 4.40. The molecule has 0 aliphatic heterocycles. The van der Waals surface area contributed by atoms with Crippen molar-refractivity contribution in [2.24, 2.45) is 0 Å². The Bertz CT molecular complexity index is 482. The predicted octanol–water partition coefficient (Wildman–Crippen LogP) is 2.91. The smallest absolute Gasteiger partial charge is 0.155 e. The van der Waals surface area contributed by atoms with Crippen molar-refractivity contribution in [2.45, 2.75) is 39.5 Å². The molecule has 17 heavy (non-hydrogen) atoms. The molecule has 4 heteroatoms. The summed E-state index contributed by atoms with van der Waals surface area (Å²) < 4.78 is 1.72. The molecule has 0 aliphatic carbocycles. The van der Waals surface area contributed by atoms with Crippen molar-refractivity contribution >= 4 is 0 Å². The van der Waals surface area contributed by atoms with Gasteiger partial charge in [0, 0.05) is 6.20 Å². The van der Waals surface area contributed by atoms with Crippen LogP contribution in [0.2, 0.25) is 0 Å². The summed E-state index contributed by atoms with van der Waals surface area (Å²) in [5, 5.41) is 8.21. The van der Waals surface area contributed by atoms with Crippen molar-refractivity contribution in [1.29, 1.82) is 0 Å². The molecule has 2 aromatic heterocycles. The van der Waals surface area contributed by atoms with Crippen LogP contribution in [0.4, 0.5) is 0 Å². The molecule has 2 heterocycles. The molecule has 0 atom stereocenters. The van der Waals surface area contributed by atoms with E-state index in [0.717, 1.165) is 11.5 Å². The van der Waals surface area contributed by atoms with Gasteiger partial charge in [-0.25, -0.2) is 9.67 Å². The van der Waals surface area contributed by atoms with Gasteiger partial charge in [0.1, 0.15) is 0 Å². The van der Waals surface area contributed by atoms with Gasteiger partial charge in [-0.05, 0) is 23.5 Å². The van der Waals surface area contributed by atoms with Crippen LogP contribution in [0.15, 0.2) is 24.5 Å². The van der Waals surface area contributed by atoms with Gasteiger partial charge in [0.25, 0.3) is 0 Å². The average molecular weight is 230 g/mol. The van der Waals surface area contributed by atoms with Crippen LogP contribution in [-0.2, 0) is 0 Å². The second kappa shape index (κ2) is 4.65. The molecule has 0 bridgehead atoms. The summed E-state index contributed by atoms with van der Waals surface area (Å²) in [6.07, 6.45) is 3.83. The summed E-state index contributed by atoms with van der Waals surface area (Å²) in [6.45, 7) is 8.51. The van der Waals surface area contributed by atoms with Gasteiger partial charge in [-0.1, -0.05) is 39.0 Å². The standard InChI is InChI=1S/C13H18N4/c1-9(2)11-5-6-13(14-7-11)17-8-12(10(3)4)15-16-17/h5-10H,1-4H3. The third-order valence-electron chi connectivity index (χ3n) is 2.77. The molecule has 4 nitrogen and oxygen atoms in total. The molecule has 2 aromatic rings. The van der Waals surface area contributed by atoms with Gasteiger partial charge < -0.3 is 0 Å². The lowest BCUT2D eigenvalue weighted by atomic mass is 10.1. The Labute approximate surface area is 102 Å². The Kier molecular flexibility index (Phi) is 3.22. The van der Waals surface area contributed by atoms with Gasteiger partial charge in [0.15, 0.2) is 5.82 Å². The molecule has 0 aromatic carbocycles. The molecule has 0 saturated carbocycles. The molecular formula is C13H18N4. The van der Waals surface area contributed by atoms with E-state index >= 15 is 0 Å². The van der Waals surface area contributed by atoms with Crippen molar-refractivity contribution in [3.05, 3.63) is 35.8 Å². The maximum atomic E-state index is 4.40. The lowest BCUT2D eigenvalue weighted by molar-refractivity contribution is 0.760. The number of nitrogens with zero attached hydrogens (tertiary/aromatic N) is 4. The highest BCUT2D eigenvalue weighted by molar-refractivity contribution is 5.26. The lowest BCUT2D eigenvalue weighted by Crippen LogP contribution is -1.99. The summed E-state index contributed by atoms with van der Waals surface area (Å²) in [7, 11) is 0. The van der Waals surface area contributed by atoms with E-state index in [-0.39, 0.29) is 0 Å². The molecule has 0 unspecified atom stereocenters. The quantitative estimate of drug-likeness (QED) is 0.814. The second-order valence-electron chi connectivity index (χ2n) is 4.85. The van der Waals surface area contributed by atoms with Gasteiger partial charge in [0.2, 0.25) is 0 Å². The number of rotatable bonds is 3. The van der Waals surface area contributed by atoms with E-state index in [2.05, 4.69) is 49.1 Å². The van der Waals surface area contributed by atoms with Crippen LogP contribution < -0.4 is 0 Å². The molecule has 0 amide bonds. The Morgan fingerprint density at radius 3 is 2.29 bits per heavy atom. The van der Waals surface area contributed by atoms with Gasteiger partial charge in [-0.2, -0.15) is 0 Å². The fourth-order valence-electron chi connectivity index (χ4n) is 1.53. The molecule has 0 N–H and O–H groups in total. The van der Waals surface area contributed by atoms with Gasteiger partial charge >= 0.3 is 0 Å². The predicted molar refractivity (Wildman–Crippen MR) is 67.3 cm³/mol. The van der Waals surface area contributed by atoms with E-state index in [9.17, 15) is 0 Å². The highest BCUT2D eigenvalue weighted by atomic mass is 15.4. The van der Waals surface area contributed by atoms with Crippen molar-refractivity contribution in [2.75, 3.05) is 0 Å². The molecule has 0 fully saturated rings. The van der Waals surface area contributed by atoms with Gasteiger partial charge in [0.05, 0.1) is 11.9 Å². The fraction of sp³-hybridized carbons (Fsp3) is 0.462. The molecule has 0 aliphatic rings. The number of hydrogen-bond acceptors (Lipinski definition) is 3. The monoisotopic (exact) mass is 230 g/mol. The Balaban J connectivity index is 2.27. The fourth-order valence-corrected chi connectivity index (χ4v) is 1.53. The van der Waals surface area contributed by atoms with Crippen LogP contribution in [0, 0.1) is 0 Å². The first-order chi connectivity index (χ1) is 8.08. The van der Waals surface area contributed by atoms with E-state index in [0.29, 0.717) is 11.8 Å². The third-order valence-corrected chi connectivity index (χ3v) is 2.77. The van der Waals surface area contributed by atoms with Crippen molar-refractivity contribution in [3.8, 4) is 5.82 Å². The van der Waals surface area contributed by atoms with E-state index in [4.69, 9.17) is 0 Å². The third kappa shape index (κ3) is 2.52. The van der Waals surface area contributed by atoms with Crippen LogP contribution >= 0.6 is 0 Å². The van der Waals surface area contributed by atoms with Crippen LogP contribution in [0.5, 0.6) is 0 Å². The van der Waals surface area contributed by atoms with E-state index in [1.54, 1.807) is 4.68 Å². The van der Waals surface area contributed by atoms with Gasteiger partial charge in [-0.15, -0.1) is 5.10 Å². The summed E-state index contributed by atoms with van der Waals surface area (Å²) >= 11 is 0. The number of pyridine rings is 1. The first-order valence-electron chi connectivity index (χ1n) is 5.96. The minimum absolute atomic E-state index is 0.388. The van der Waals surface area contributed by atoms with Gasteiger partial charge in [-0.3, -0.25) is 0 Å². The number of hydrogen-bond donors (Lipinski definition) is 0. The Morgan fingerprint density at radius 2 is 1.82 bits per heavy atom. The zero-order valence-electron chi connectivity index (χ0n) is 10.8. The molecular weight excluding hydrogens is 212 g/mol. The Hall–Kier alpha value is -1.71. The van der Waals surface area contributed by atoms with Crippen LogP contribution in [-0.4, -0.2) is 20.0 Å². The molecule has 0 radical (unpaired) electrons. The summed E-state index contributed by atoms with van der Waals surface area (Å²) in [5.74, 6) is 1.70. The van der Waals surface area contributed by atoms with Crippen LogP contribution in [0.25, 0.3) is 5.82 Å². The first-order valence-corrected chi connectivity index (χ1v) is 5.96. The second-order valence-corrected chi connectivity index (χ2v) is 4.85. The minimum Gasteiger partial charge on any atom is -0.237 e. The average Bonchev–Trinajstić information content (AvgIpc) is 2.78. The zero-order valence-corrected chi connectivity index (χ0v) is 10.8. The van der Waals surface area contributed by atoms with Crippen LogP contribution in [0.1, 0.15) is 50.8 Å².